The summed E-state index contributed by atoms with van der Waals surface area (Å²) in [7, 11) is 0. The highest BCUT2D eigenvalue weighted by molar-refractivity contribution is 5.35. The van der Waals surface area contributed by atoms with Gasteiger partial charge in [0.1, 0.15) is 5.75 Å². The molecule has 0 aromatic heterocycles. The quantitative estimate of drug-likeness (QED) is 0.625. The number of ether oxygens (including phenoxy) is 2. The van der Waals surface area contributed by atoms with Crippen molar-refractivity contribution in [1.29, 1.82) is 0 Å². The molecule has 1 fully saturated rings. The van der Waals surface area contributed by atoms with E-state index in [1.165, 1.54) is 5.56 Å². The van der Waals surface area contributed by atoms with Gasteiger partial charge >= 0.3 is 0 Å². The Kier molecular flexibility index (Phi) is 1.77. The van der Waals surface area contributed by atoms with Gasteiger partial charge in [-0.1, -0.05) is 18.2 Å². The molecule has 0 N–H and O–H groups in total. The zero-order valence-corrected chi connectivity index (χ0v) is 8.16. The standard InChI is InChI=1S/C12H14O2/c1-2-5-11-10(4-1)6-8-12(14-11)7-3-9-13-12/h1-2,4-5H,3,6-9H2/t12-/m1/s1. The van der Waals surface area contributed by atoms with Crippen molar-refractivity contribution in [3.63, 3.8) is 0 Å². The highest BCUT2D eigenvalue weighted by Gasteiger charge is 2.40. The number of fused-ring (bicyclic) bond motifs is 1. The number of para-hydroxylation sites is 1. The first-order valence-electron chi connectivity index (χ1n) is 5.29. The summed E-state index contributed by atoms with van der Waals surface area (Å²) in [5, 5.41) is 0. The minimum atomic E-state index is -0.283. The third-order valence-corrected chi connectivity index (χ3v) is 3.11. The van der Waals surface area contributed by atoms with E-state index in [0.29, 0.717) is 0 Å². The molecule has 0 unspecified atom stereocenters. The first kappa shape index (κ1) is 8.30. The van der Waals surface area contributed by atoms with Gasteiger partial charge in [0.2, 0.25) is 5.79 Å². The second kappa shape index (κ2) is 2.99. The monoisotopic (exact) mass is 190 g/mol. The fourth-order valence-electron chi connectivity index (χ4n) is 2.34. The van der Waals surface area contributed by atoms with Crippen LogP contribution in [0.2, 0.25) is 0 Å². The van der Waals surface area contributed by atoms with E-state index < -0.39 is 0 Å². The number of rotatable bonds is 0. The molecule has 1 saturated heterocycles. The summed E-state index contributed by atoms with van der Waals surface area (Å²) in [4.78, 5) is 0. The third kappa shape index (κ3) is 1.22. The Hall–Kier alpha value is -1.02. The van der Waals surface area contributed by atoms with Gasteiger partial charge in [0.25, 0.3) is 0 Å². The van der Waals surface area contributed by atoms with Crippen LogP contribution in [0.3, 0.4) is 0 Å². The summed E-state index contributed by atoms with van der Waals surface area (Å²) in [5.41, 5.74) is 1.31. The number of benzene rings is 1. The van der Waals surface area contributed by atoms with Gasteiger partial charge < -0.3 is 9.47 Å². The highest BCUT2D eigenvalue weighted by atomic mass is 16.7. The largest absolute Gasteiger partial charge is 0.462 e. The zero-order chi connectivity index (χ0) is 9.43. The van der Waals surface area contributed by atoms with Crippen LogP contribution in [-0.2, 0) is 11.2 Å². The number of hydrogen-bond donors (Lipinski definition) is 0. The van der Waals surface area contributed by atoms with E-state index in [1.54, 1.807) is 0 Å². The molecule has 0 amide bonds. The topological polar surface area (TPSA) is 18.5 Å². The smallest absolute Gasteiger partial charge is 0.210 e. The highest BCUT2D eigenvalue weighted by Crippen LogP contribution is 2.39. The van der Waals surface area contributed by atoms with E-state index in [-0.39, 0.29) is 5.79 Å². The van der Waals surface area contributed by atoms with Crippen molar-refractivity contribution >= 4 is 0 Å². The fourth-order valence-corrected chi connectivity index (χ4v) is 2.34. The summed E-state index contributed by atoms with van der Waals surface area (Å²) >= 11 is 0. The Morgan fingerprint density at radius 1 is 1.14 bits per heavy atom. The number of hydrogen-bond acceptors (Lipinski definition) is 2. The predicted molar refractivity (Wildman–Crippen MR) is 53.3 cm³/mol. The molecule has 0 bridgehead atoms. The normalized spacial score (nSPS) is 30.0. The third-order valence-electron chi connectivity index (χ3n) is 3.11. The van der Waals surface area contributed by atoms with Crippen LogP contribution in [-0.4, -0.2) is 12.4 Å². The van der Waals surface area contributed by atoms with E-state index in [9.17, 15) is 0 Å². The Morgan fingerprint density at radius 2 is 2.07 bits per heavy atom. The molecule has 74 valence electrons. The summed E-state index contributed by atoms with van der Waals surface area (Å²) in [6.45, 7) is 0.849. The van der Waals surface area contributed by atoms with Crippen LogP contribution in [0.5, 0.6) is 5.75 Å². The van der Waals surface area contributed by atoms with Crippen molar-refractivity contribution in [1.82, 2.24) is 0 Å². The maximum Gasteiger partial charge on any atom is 0.210 e. The van der Waals surface area contributed by atoms with Gasteiger partial charge in [-0.25, -0.2) is 0 Å². The summed E-state index contributed by atoms with van der Waals surface area (Å²) in [5.74, 6) is 0.731. The van der Waals surface area contributed by atoms with Crippen molar-refractivity contribution in [2.45, 2.75) is 31.5 Å². The molecular weight excluding hydrogens is 176 g/mol. The Bertz CT molecular complexity index is 340. The van der Waals surface area contributed by atoms with Gasteiger partial charge in [-0.3, -0.25) is 0 Å². The van der Waals surface area contributed by atoms with E-state index in [0.717, 1.165) is 38.0 Å². The fraction of sp³-hybridized carbons (Fsp3) is 0.500. The molecule has 2 aliphatic rings. The average Bonchev–Trinajstić information content (AvgIpc) is 2.66. The maximum atomic E-state index is 5.96. The maximum absolute atomic E-state index is 5.96. The lowest BCUT2D eigenvalue weighted by Gasteiger charge is -2.34. The molecule has 1 atom stereocenters. The van der Waals surface area contributed by atoms with E-state index in [2.05, 4.69) is 12.1 Å². The van der Waals surface area contributed by atoms with Gasteiger partial charge in [0.15, 0.2) is 0 Å². The van der Waals surface area contributed by atoms with Crippen LogP contribution >= 0.6 is 0 Å². The first-order chi connectivity index (χ1) is 6.88. The van der Waals surface area contributed by atoms with Gasteiger partial charge in [-0.2, -0.15) is 0 Å². The summed E-state index contributed by atoms with van der Waals surface area (Å²) in [6.07, 6.45) is 4.25. The minimum Gasteiger partial charge on any atom is -0.462 e. The summed E-state index contributed by atoms with van der Waals surface area (Å²) in [6, 6.07) is 8.26. The van der Waals surface area contributed by atoms with Crippen molar-refractivity contribution in [2.75, 3.05) is 6.61 Å². The first-order valence-corrected chi connectivity index (χ1v) is 5.29. The van der Waals surface area contributed by atoms with Crippen LogP contribution < -0.4 is 4.74 Å². The van der Waals surface area contributed by atoms with E-state index in [1.807, 2.05) is 12.1 Å². The zero-order valence-electron chi connectivity index (χ0n) is 8.16. The van der Waals surface area contributed by atoms with Gasteiger partial charge in [-0.05, 0) is 24.5 Å². The molecule has 2 heterocycles. The average molecular weight is 190 g/mol. The van der Waals surface area contributed by atoms with Crippen molar-refractivity contribution in [3.05, 3.63) is 29.8 Å². The molecule has 2 nitrogen and oxygen atoms in total. The lowest BCUT2D eigenvalue weighted by Crippen LogP contribution is -2.38. The number of aryl methyl sites for hydroxylation is 1. The Balaban J connectivity index is 1.92. The minimum absolute atomic E-state index is 0.283. The Morgan fingerprint density at radius 3 is 2.93 bits per heavy atom. The molecule has 3 rings (SSSR count). The predicted octanol–water partition coefficient (Wildman–Crippen LogP) is 2.52. The molecule has 1 aromatic rings. The van der Waals surface area contributed by atoms with E-state index in [4.69, 9.17) is 9.47 Å². The lowest BCUT2D eigenvalue weighted by atomic mass is 9.98. The lowest BCUT2D eigenvalue weighted by molar-refractivity contribution is -0.160. The molecule has 0 aliphatic carbocycles. The van der Waals surface area contributed by atoms with Crippen LogP contribution in [0.1, 0.15) is 24.8 Å². The summed E-state index contributed by atoms with van der Waals surface area (Å²) < 4.78 is 11.7. The molecular formula is C12H14O2. The van der Waals surface area contributed by atoms with Crippen molar-refractivity contribution in [3.8, 4) is 5.75 Å². The molecule has 2 aliphatic heterocycles. The van der Waals surface area contributed by atoms with Gasteiger partial charge in [-0.15, -0.1) is 0 Å². The van der Waals surface area contributed by atoms with E-state index >= 15 is 0 Å². The molecule has 1 aromatic carbocycles. The van der Waals surface area contributed by atoms with Gasteiger partial charge in [0.05, 0.1) is 6.61 Å². The molecule has 0 saturated carbocycles. The molecule has 14 heavy (non-hydrogen) atoms. The van der Waals surface area contributed by atoms with Crippen molar-refractivity contribution in [2.24, 2.45) is 0 Å². The van der Waals surface area contributed by atoms with Gasteiger partial charge in [0, 0.05) is 12.8 Å². The molecule has 2 heteroatoms. The second-order valence-electron chi connectivity index (χ2n) is 4.07. The molecule has 1 spiro atoms. The van der Waals surface area contributed by atoms with Crippen LogP contribution in [0.25, 0.3) is 0 Å². The molecule has 0 radical (unpaired) electrons. The Labute approximate surface area is 83.8 Å². The second-order valence-corrected chi connectivity index (χ2v) is 4.07. The van der Waals surface area contributed by atoms with Crippen molar-refractivity contribution < 1.29 is 9.47 Å². The van der Waals surface area contributed by atoms with Crippen LogP contribution in [0.15, 0.2) is 24.3 Å². The van der Waals surface area contributed by atoms with Crippen LogP contribution in [0, 0.1) is 0 Å². The van der Waals surface area contributed by atoms with Crippen LogP contribution in [0.4, 0.5) is 0 Å². The SMILES string of the molecule is c1ccc2c(c1)CC[C@@]1(CCCO1)O2.